The molecule has 2 N–H and O–H groups in total. The van der Waals surface area contributed by atoms with E-state index in [1.165, 1.54) is 31.2 Å². The molecule has 1 saturated carbocycles. The normalized spacial score (nSPS) is 25.0. The summed E-state index contributed by atoms with van der Waals surface area (Å²) in [6.07, 6.45) is 6.22. The Morgan fingerprint density at radius 3 is 2.84 bits per heavy atom. The first-order chi connectivity index (χ1) is 9.22. The predicted molar refractivity (Wildman–Crippen MR) is 80.3 cm³/mol. The molecule has 1 aliphatic carbocycles. The molecule has 106 valence electrons. The van der Waals surface area contributed by atoms with Crippen LogP contribution in [0, 0.1) is 11.8 Å². The lowest BCUT2D eigenvalue weighted by molar-refractivity contribution is 0.241. The lowest BCUT2D eigenvalue weighted by Gasteiger charge is -2.32. The summed E-state index contributed by atoms with van der Waals surface area (Å²) in [6, 6.07) is 8.41. The largest absolute Gasteiger partial charge is 0.493 e. The van der Waals surface area contributed by atoms with Gasteiger partial charge in [-0.15, -0.1) is 0 Å². The summed E-state index contributed by atoms with van der Waals surface area (Å²) < 4.78 is 5.85. The fraction of sp³-hybridized carbons (Fsp3) is 0.647. The van der Waals surface area contributed by atoms with E-state index in [1.54, 1.807) is 0 Å². The molecule has 0 aromatic heterocycles. The SMILES string of the molecule is CCCOc1ccccc1C(N)C1CCCC(C)C1. The zero-order chi connectivity index (χ0) is 13.7. The van der Waals surface area contributed by atoms with Crippen LogP contribution in [-0.4, -0.2) is 6.61 Å². The second-order valence-electron chi connectivity index (χ2n) is 5.94. The van der Waals surface area contributed by atoms with Crippen LogP contribution in [0.1, 0.15) is 57.6 Å². The number of benzene rings is 1. The summed E-state index contributed by atoms with van der Waals surface area (Å²) in [5.41, 5.74) is 7.71. The molecular formula is C17H27NO. The van der Waals surface area contributed by atoms with Crippen molar-refractivity contribution in [2.75, 3.05) is 6.61 Å². The molecule has 0 aliphatic heterocycles. The fourth-order valence-corrected chi connectivity index (χ4v) is 3.16. The van der Waals surface area contributed by atoms with Crippen molar-refractivity contribution in [3.8, 4) is 5.75 Å². The first kappa shape index (κ1) is 14.4. The van der Waals surface area contributed by atoms with Crippen LogP contribution in [0.4, 0.5) is 0 Å². The van der Waals surface area contributed by atoms with E-state index in [2.05, 4.69) is 32.0 Å². The van der Waals surface area contributed by atoms with E-state index in [1.807, 2.05) is 6.07 Å². The van der Waals surface area contributed by atoms with E-state index in [4.69, 9.17) is 10.5 Å². The van der Waals surface area contributed by atoms with Crippen molar-refractivity contribution in [3.63, 3.8) is 0 Å². The van der Waals surface area contributed by atoms with Gasteiger partial charge in [-0.2, -0.15) is 0 Å². The quantitative estimate of drug-likeness (QED) is 0.857. The molecule has 0 heterocycles. The van der Waals surface area contributed by atoms with Gasteiger partial charge in [0.2, 0.25) is 0 Å². The van der Waals surface area contributed by atoms with Crippen molar-refractivity contribution in [2.24, 2.45) is 17.6 Å². The van der Waals surface area contributed by atoms with Crippen molar-refractivity contribution in [1.29, 1.82) is 0 Å². The van der Waals surface area contributed by atoms with Gasteiger partial charge < -0.3 is 10.5 Å². The molecule has 1 aromatic carbocycles. The summed E-state index contributed by atoms with van der Waals surface area (Å²) >= 11 is 0. The van der Waals surface area contributed by atoms with Crippen molar-refractivity contribution in [3.05, 3.63) is 29.8 Å². The van der Waals surface area contributed by atoms with E-state index in [9.17, 15) is 0 Å². The number of para-hydroxylation sites is 1. The molecule has 2 heteroatoms. The number of rotatable bonds is 5. The highest BCUT2D eigenvalue weighted by Gasteiger charge is 2.26. The van der Waals surface area contributed by atoms with Gasteiger partial charge in [0.25, 0.3) is 0 Å². The van der Waals surface area contributed by atoms with E-state index in [-0.39, 0.29) is 6.04 Å². The molecule has 1 aliphatic rings. The molecule has 19 heavy (non-hydrogen) atoms. The summed E-state index contributed by atoms with van der Waals surface area (Å²) in [4.78, 5) is 0. The van der Waals surface area contributed by atoms with Crippen molar-refractivity contribution in [2.45, 2.75) is 52.0 Å². The average molecular weight is 261 g/mol. The molecule has 3 atom stereocenters. The number of hydrogen-bond acceptors (Lipinski definition) is 2. The van der Waals surface area contributed by atoms with Gasteiger partial charge in [-0.3, -0.25) is 0 Å². The second-order valence-corrected chi connectivity index (χ2v) is 5.94. The molecule has 2 nitrogen and oxygen atoms in total. The third kappa shape index (κ3) is 3.73. The molecule has 0 saturated heterocycles. The number of ether oxygens (including phenoxy) is 1. The monoisotopic (exact) mass is 261 g/mol. The standard InChI is InChI=1S/C17H27NO/c1-3-11-19-16-10-5-4-9-15(16)17(18)14-8-6-7-13(2)12-14/h4-5,9-10,13-14,17H,3,6-8,11-12,18H2,1-2H3. The van der Waals surface area contributed by atoms with Crippen molar-refractivity contribution >= 4 is 0 Å². The third-order valence-corrected chi connectivity index (χ3v) is 4.22. The maximum Gasteiger partial charge on any atom is 0.124 e. The summed E-state index contributed by atoms with van der Waals surface area (Å²) in [7, 11) is 0. The summed E-state index contributed by atoms with van der Waals surface area (Å²) in [6.45, 7) is 5.24. The van der Waals surface area contributed by atoms with Crippen LogP contribution in [0.15, 0.2) is 24.3 Å². The minimum absolute atomic E-state index is 0.121. The van der Waals surface area contributed by atoms with Gasteiger partial charge in [-0.25, -0.2) is 0 Å². The van der Waals surface area contributed by atoms with Gasteiger partial charge in [-0.05, 0) is 37.2 Å². The molecule has 0 amide bonds. The van der Waals surface area contributed by atoms with E-state index >= 15 is 0 Å². The molecule has 0 radical (unpaired) electrons. The maximum atomic E-state index is 6.52. The smallest absolute Gasteiger partial charge is 0.124 e. The molecular weight excluding hydrogens is 234 g/mol. The minimum Gasteiger partial charge on any atom is -0.493 e. The molecule has 1 fully saturated rings. The number of nitrogens with two attached hydrogens (primary N) is 1. The number of hydrogen-bond donors (Lipinski definition) is 1. The van der Waals surface area contributed by atoms with Crippen LogP contribution in [0.2, 0.25) is 0 Å². The third-order valence-electron chi connectivity index (χ3n) is 4.22. The molecule has 2 rings (SSSR count). The van der Waals surface area contributed by atoms with E-state index < -0.39 is 0 Å². The highest BCUT2D eigenvalue weighted by Crippen LogP contribution is 2.38. The zero-order valence-corrected chi connectivity index (χ0v) is 12.3. The lowest BCUT2D eigenvalue weighted by atomic mass is 9.77. The Morgan fingerprint density at radius 1 is 1.32 bits per heavy atom. The van der Waals surface area contributed by atoms with Gasteiger partial charge >= 0.3 is 0 Å². The van der Waals surface area contributed by atoms with Crippen LogP contribution in [0.5, 0.6) is 5.75 Å². The maximum absolute atomic E-state index is 6.52. The molecule has 3 unspecified atom stereocenters. The van der Waals surface area contributed by atoms with Gasteiger partial charge in [-0.1, -0.05) is 44.9 Å². The molecule has 0 bridgehead atoms. The lowest BCUT2D eigenvalue weighted by Crippen LogP contribution is -2.26. The highest BCUT2D eigenvalue weighted by atomic mass is 16.5. The second kappa shape index (κ2) is 6.95. The Hall–Kier alpha value is -1.02. The highest BCUT2D eigenvalue weighted by molar-refractivity contribution is 5.36. The van der Waals surface area contributed by atoms with E-state index in [0.29, 0.717) is 5.92 Å². The minimum atomic E-state index is 0.121. The molecule has 0 spiro atoms. The van der Waals surface area contributed by atoms with Crippen LogP contribution >= 0.6 is 0 Å². The van der Waals surface area contributed by atoms with Crippen LogP contribution in [0.3, 0.4) is 0 Å². The first-order valence-electron chi connectivity index (χ1n) is 7.69. The summed E-state index contributed by atoms with van der Waals surface area (Å²) in [5.74, 6) is 2.40. The zero-order valence-electron chi connectivity index (χ0n) is 12.3. The summed E-state index contributed by atoms with van der Waals surface area (Å²) in [5, 5.41) is 0. The molecule has 1 aromatic rings. The average Bonchev–Trinajstić information content (AvgIpc) is 2.44. The fourth-order valence-electron chi connectivity index (χ4n) is 3.16. The van der Waals surface area contributed by atoms with E-state index in [0.717, 1.165) is 24.7 Å². The van der Waals surface area contributed by atoms with Gasteiger partial charge in [0.1, 0.15) is 5.75 Å². The Morgan fingerprint density at radius 2 is 2.11 bits per heavy atom. The first-order valence-corrected chi connectivity index (χ1v) is 7.69. The van der Waals surface area contributed by atoms with Crippen molar-refractivity contribution < 1.29 is 4.74 Å². The Labute approximate surface area is 117 Å². The van der Waals surface area contributed by atoms with Gasteiger partial charge in [0.15, 0.2) is 0 Å². The van der Waals surface area contributed by atoms with Crippen LogP contribution < -0.4 is 10.5 Å². The van der Waals surface area contributed by atoms with Crippen LogP contribution in [0.25, 0.3) is 0 Å². The van der Waals surface area contributed by atoms with Crippen molar-refractivity contribution in [1.82, 2.24) is 0 Å². The van der Waals surface area contributed by atoms with Gasteiger partial charge in [0, 0.05) is 11.6 Å². The van der Waals surface area contributed by atoms with Gasteiger partial charge in [0.05, 0.1) is 6.61 Å². The Bertz CT molecular complexity index is 391. The van der Waals surface area contributed by atoms with Crippen LogP contribution in [-0.2, 0) is 0 Å². The Balaban J connectivity index is 2.11. The predicted octanol–water partition coefficient (Wildman–Crippen LogP) is 4.30. The topological polar surface area (TPSA) is 35.2 Å². The Kier molecular flexibility index (Phi) is 5.26.